The summed E-state index contributed by atoms with van der Waals surface area (Å²) in [5.41, 5.74) is 3.03. The van der Waals surface area contributed by atoms with Crippen LogP contribution in [0.3, 0.4) is 0 Å². The second kappa shape index (κ2) is 7.90. The molecule has 0 atom stereocenters. The highest BCUT2D eigenvalue weighted by Gasteiger charge is 2.08. The first-order chi connectivity index (χ1) is 12.1. The van der Waals surface area contributed by atoms with Gasteiger partial charge in [-0.1, -0.05) is 46.3 Å². The molecule has 1 amide bonds. The second-order valence-electron chi connectivity index (χ2n) is 5.61. The van der Waals surface area contributed by atoms with Gasteiger partial charge in [-0.2, -0.15) is 0 Å². The number of hydrogen-bond acceptors (Lipinski definition) is 4. The average Bonchev–Trinajstić information content (AvgIpc) is 2.59. The van der Waals surface area contributed by atoms with E-state index in [9.17, 15) is 4.79 Å². The molecule has 2 aromatic carbocycles. The molecule has 1 heterocycles. The lowest BCUT2D eigenvalue weighted by Gasteiger charge is -2.08. The van der Waals surface area contributed by atoms with Crippen molar-refractivity contribution >= 4 is 39.2 Å². The van der Waals surface area contributed by atoms with Crippen molar-refractivity contribution in [2.75, 3.05) is 10.6 Å². The molecular weight excluding hydrogens is 380 g/mol. The number of carbonyl (C=O) groups excluding carboxylic acids is 1. The lowest BCUT2D eigenvalue weighted by molar-refractivity contribution is -0.115. The van der Waals surface area contributed by atoms with Crippen molar-refractivity contribution in [1.82, 2.24) is 10.2 Å². The molecule has 0 saturated carbocycles. The van der Waals surface area contributed by atoms with E-state index in [0.29, 0.717) is 11.6 Å². The fourth-order valence-corrected chi connectivity index (χ4v) is 2.76. The zero-order valence-corrected chi connectivity index (χ0v) is 15.2. The first kappa shape index (κ1) is 17.1. The predicted molar refractivity (Wildman–Crippen MR) is 103 cm³/mol. The summed E-state index contributed by atoms with van der Waals surface area (Å²) in [4.78, 5) is 12.1. The number of nitrogens with zero attached hydrogens (tertiary/aromatic N) is 2. The molecule has 6 heteroatoms. The van der Waals surface area contributed by atoms with E-state index in [1.54, 1.807) is 12.1 Å². The third kappa shape index (κ3) is 4.87. The van der Waals surface area contributed by atoms with Gasteiger partial charge in [-0.05, 0) is 48.4 Å². The van der Waals surface area contributed by atoms with E-state index in [4.69, 9.17) is 0 Å². The highest BCUT2D eigenvalue weighted by molar-refractivity contribution is 9.10. The average molecular weight is 397 g/mol. The highest BCUT2D eigenvalue weighted by Crippen LogP contribution is 2.18. The maximum atomic E-state index is 12.1. The summed E-state index contributed by atoms with van der Waals surface area (Å²) in [7, 11) is 0. The van der Waals surface area contributed by atoms with Gasteiger partial charge >= 0.3 is 0 Å². The molecule has 0 saturated heterocycles. The Morgan fingerprint density at radius 2 is 1.76 bits per heavy atom. The standard InChI is InChI=1S/C19H17BrN4O/c1-13-5-4-7-15(11-13)21-17-9-10-18(24-23-17)22-19(25)12-14-6-2-3-8-16(14)20/h2-11H,12H2,1H3,(H,21,23)(H,22,24,25). The predicted octanol–water partition coefficient (Wildman–Crippen LogP) is 4.47. The molecule has 2 N–H and O–H groups in total. The van der Waals surface area contributed by atoms with Crippen molar-refractivity contribution in [3.8, 4) is 0 Å². The number of amides is 1. The molecule has 0 radical (unpaired) electrons. The number of anilines is 3. The molecule has 25 heavy (non-hydrogen) atoms. The number of hydrogen-bond donors (Lipinski definition) is 2. The molecule has 0 fully saturated rings. The molecular formula is C19H17BrN4O. The third-order valence-electron chi connectivity index (χ3n) is 3.53. The number of rotatable bonds is 5. The zero-order valence-electron chi connectivity index (χ0n) is 13.7. The Balaban J connectivity index is 1.60. The van der Waals surface area contributed by atoms with Crippen LogP contribution in [0, 0.1) is 6.92 Å². The first-order valence-corrected chi connectivity index (χ1v) is 8.60. The molecule has 0 aliphatic rings. The second-order valence-corrected chi connectivity index (χ2v) is 6.47. The van der Waals surface area contributed by atoms with E-state index < -0.39 is 0 Å². The lowest BCUT2D eigenvalue weighted by Crippen LogP contribution is -2.16. The Kier molecular flexibility index (Phi) is 5.40. The van der Waals surface area contributed by atoms with E-state index in [1.807, 2.05) is 55.5 Å². The number of carbonyl (C=O) groups is 1. The van der Waals surface area contributed by atoms with Crippen LogP contribution in [-0.4, -0.2) is 16.1 Å². The Hall–Kier alpha value is -2.73. The van der Waals surface area contributed by atoms with Crippen molar-refractivity contribution < 1.29 is 4.79 Å². The topological polar surface area (TPSA) is 66.9 Å². The minimum atomic E-state index is -0.138. The van der Waals surface area contributed by atoms with Crippen molar-refractivity contribution in [3.63, 3.8) is 0 Å². The molecule has 0 bridgehead atoms. The van der Waals surface area contributed by atoms with Crippen LogP contribution < -0.4 is 10.6 Å². The van der Waals surface area contributed by atoms with Crippen molar-refractivity contribution in [1.29, 1.82) is 0 Å². The minimum absolute atomic E-state index is 0.138. The SMILES string of the molecule is Cc1cccc(Nc2ccc(NC(=O)Cc3ccccc3Br)nn2)c1. The highest BCUT2D eigenvalue weighted by atomic mass is 79.9. The largest absolute Gasteiger partial charge is 0.339 e. The van der Waals surface area contributed by atoms with Gasteiger partial charge in [0.1, 0.15) is 0 Å². The van der Waals surface area contributed by atoms with Crippen LogP contribution in [0.25, 0.3) is 0 Å². The van der Waals surface area contributed by atoms with Crippen molar-refractivity contribution in [2.24, 2.45) is 0 Å². The summed E-state index contributed by atoms with van der Waals surface area (Å²) < 4.78 is 0.911. The summed E-state index contributed by atoms with van der Waals surface area (Å²) in [6.07, 6.45) is 0.270. The normalized spacial score (nSPS) is 10.3. The number of aryl methyl sites for hydroxylation is 1. The molecule has 126 valence electrons. The maximum Gasteiger partial charge on any atom is 0.230 e. The van der Waals surface area contributed by atoms with Gasteiger partial charge in [0.15, 0.2) is 11.6 Å². The van der Waals surface area contributed by atoms with E-state index >= 15 is 0 Å². The zero-order chi connectivity index (χ0) is 17.6. The van der Waals surface area contributed by atoms with Crippen LogP contribution in [0.15, 0.2) is 65.1 Å². The van der Waals surface area contributed by atoms with Crippen molar-refractivity contribution in [3.05, 3.63) is 76.3 Å². The number of nitrogens with one attached hydrogen (secondary N) is 2. The van der Waals surface area contributed by atoms with Crippen LogP contribution in [0.2, 0.25) is 0 Å². The van der Waals surface area contributed by atoms with E-state index in [-0.39, 0.29) is 12.3 Å². The van der Waals surface area contributed by atoms with Gasteiger partial charge in [0, 0.05) is 10.2 Å². The summed E-state index contributed by atoms with van der Waals surface area (Å²) in [6.45, 7) is 2.03. The van der Waals surface area contributed by atoms with Crippen LogP contribution >= 0.6 is 15.9 Å². The monoisotopic (exact) mass is 396 g/mol. The number of aromatic nitrogens is 2. The van der Waals surface area contributed by atoms with Crippen LogP contribution in [0.4, 0.5) is 17.3 Å². The van der Waals surface area contributed by atoms with Gasteiger partial charge in [-0.15, -0.1) is 10.2 Å². The van der Waals surface area contributed by atoms with Gasteiger partial charge in [0.05, 0.1) is 6.42 Å². The van der Waals surface area contributed by atoms with Crippen LogP contribution in [-0.2, 0) is 11.2 Å². The van der Waals surface area contributed by atoms with Gasteiger partial charge < -0.3 is 10.6 Å². The van der Waals surface area contributed by atoms with E-state index in [1.165, 1.54) is 0 Å². The Morgan fingerprint density at radius 1 is 1.00 bits per heavy atom. The van der Waals surface area contributed by atoms with Crippen LogP contribution in [0.5, 0.6) is 0 Å². The minimum Gasteiger partial charge on any atom is -0.339 e. The molecule has 1 aromatic heterocycles. The number of benzene rings is 2. The maximum absolute atomic E-state index is 12.1. The summed E-state index contributed by atoms with van der Waals surface area (Å²) in [6, 6.07) is 19.1. The summed E-state index contributed by atoms with van der Waals surface area (Å²) in [5.74, 6) is 0.904. The van der Waals surface area contributed by atoms with Gasteiger partial charge in [-0.25, -0.2) is 0 Å². The summed E-state index contributed by atoms with van der Waals surface area (Å²) >= 11 is 3.44. The fraction of sp³-hybridized carbons (Fsp3) is 0.105. The number of halogens is 1. The molecule has 0 unspecified atom stereocenters. The summed E-state index contributed by atoms with van der Waals surface area (Å²) in [5, 5.41) is 14.1. The Labute approximate surface area is 154 Å². The van der Waals surface area contributed by atoms with E-state index in [2.05, 4.69) is 36.8 Å². The fourth-order valence-electron chi connectivity index (χ4n) is 2.34. The molecule has 0 aliphatic heterocycles. The first-order valence-electron chi connectivity index (χ1n) is 7.81. The Bertz CT molecular complexity index is 881. The Morgan fingerprint density at radius 3 is 2.48 bits per heavy atom. The smallest absolute Gasteiger partial charge is 0.230 e. The third-order valence-corrected chi connectivity index (χ3v) is 4.30. The molecule has 3 aromatic rings. The molecule has 0 aliphatic carbocycles. The van der Waals surface area contributed by atoms with Gasteiger partial charge in [-0.3, -0.25) is 4.79 Å². The molecule has 3 rings (SSSR count). The van der Waals surface area contributed by atoms with Crippen molar-refractivity contribution in [2.45, 2.75) is 13.3 Å². The van der Waals surface area contributed by atoms with Gasteiger partial charge in [0.2, 0.25) is 5.91 Å². The molecule has 0 spiro atoms. The van der Waals surface area contributed by atoms with Gasteiger partial charge in [0.25, 0.3) is 0 Å². The molecule has 5 nitrogen and oxygen atoms in total. The lowest BCUT2D eigenvalue weighted by atomic mass is 10.1. The van der Waals surface area contributed by atoms with E-state index in [0.717, 1.165) is 21.3 Å². The quantitative estimate of drug-likeness (QED) is 0.667. The van der Waals surface area contributed by atoms with Crippen LogP contribution in [0.1, 0.15) is 11.1 Å².